The maximum Gasteiger partial charge on any atom is 0.234 e. The molecule has 0 saturated carbocycles. The molecule has 3 rings (SSSR count). The molecule has 2 aromatic heterocycles. The maximum absolute atomic E-state index is 10.9. The zero-order chi connectivity index (χ0) is 18.2. The van der Waals surface area contributed by atoms with Gasteiger partial charge in [0.2, 0.25) is 5.85 Å². The number of nitrogens with two attached hydrogens (primary N) is 3. The summed E-state index contributed by atoms with van der Waals surface area (Å²) in [6.45, 7) is 1.66. The van der Waals surface area contributed by atoms with Gasteiger partial charge in [-0.3, -0.25) is 10.3 Å². The van der Waals surface area contributed by atoms with E-state index < -0.39 is 23.7 Å². The Morgan fingerprint density at radius 2 is 2.12 bits per heavy atom. The Morgan fingerprint density at radius 1 is 1.36 bits per heavy atom. The topological polar surface area (TPSA) is 171 Å². The van der Waals surface area contributed by atoms with Gasteiger partial charge >= 0.3 is 0 Å². The number of ether oxygens (including phenoxy) is 1. The molecule has 0 unspecified atom stereocenters. The lowest BCUT2D eigenvalue weighted by molar-refractivity contribution is -0.181. The highest BCUT2D eigenvalue weighted by molar-refractivity contribution is 5.81. The molecule has 8 N–H and O–H groups in total. The predicted octanol–water partition coefficient (Wildman–Crippen LogP) is -1.77. The Kier molecular flexibility index (Phi) is 4.36. The van der Waals surface area contributed by atoms with E-state index in [1.165, 1.54) is 24.1 Å². The summed E-state index contributed by atoms with van der Waals surface area (Å²) in [5.74, 6) is 4.00. The molecule has 10 heteroatoms. The van der Waals surface area contributed by atoms with Crippen LogP contribution in [0.3, 0.4) is 0 Å². The van der Waals surface area contributed by atoms with Gasteiger partial charge in [0.25, 0.3) is 0 Å². The Labute approximate surface area is 144 Å². The molecule has 0 aliphatic carbocycles. The second-order valence-corrected chi connectivity index (χ2v) is 6.09. The van der Waals surface area contributed by atoms with Gasteiger partial charge in [0, 0.05) is 6.42 Å². The summed E-state index contributed by atoms with van der Waals surface area (Å²) in [6, 6.07) is 0. The SMILES string of the molecule is C[C@@]1(O)[C@H](O)[C@@H](CCC#CCN)O[C@@]1(N)n1cnc2c(N)ncnc21. The van der Waals surface area contributed by atoms with Gasteiger partial charge in [-0.25, -0.2) is 15.0 Å². The van der Waals surface area contributed by atoms with Crippen molar-refractivity contribution in [3.63, 3.8) is 0 Å². The van der Waals surface area contributed by atoms with Crippen molar-refractivity contribution in [2.75, 3.05) is 12.3 Å². The lowest BCUT2D eigenvalue weighted by Crippen LogP contribution is -2.61. The third-order valence-electron chi connectivity index (χ3n) is 4.48. The number of aliphatic hydroxyl groups excluding tert-OH is 1. The molecule has 134 valence electrons. The number of imidazole rings is 1. The second kappa shape index (κ2) is 6.21. The average Bonchev–Trinajstić information content (AvgIpc) is 3.08. The number of nitrogen functional groups attached to an aromatic ring is 1. The molecular weight excluding hydrogens is 326 g/mol. The van der Waals surface area contributed by atoms with Crippen molar-refractivity contribution in [2.24, 2.45) is 11.5 Å². The molecule has 10 nitrogen and oxygen atoms in total. The third-order valence-corrected chi connectivity index (χ3v) is 4.48. The minimum atomic E-state index is -1.80. The van der Waals surface area contributed by atoms with E-state index in [1.807, 2.05) is 0 Å². The van der Waals surface area contributed by atoms with Gasteiger partial charge in [-0.1, -0.05) is 5.92 Å². The van der Waals surface area contributed by atoms with Crippen LogP contribution in [0.1, 0.15) is 19.8 Å². The van der Waals surface area contributed by atoms with Gasteiger partial charge < -0.3 is 26.4 Å². The fourth-order valence-corrected chi connectivity index (χ4v) is 2.98. The van der Waals surface area contributed by atoms with Crippen LogP contribution < -0.4 is 17.2 Å². The van der Waals surface area contributed by atoms with E-state index in [0.29, 0.717) is 24.0 Å². The van der Waals surface area contributed by atoms with E-state index in [0.717, 1.165) is 0 Å². The summed E-state index contributed by atoms with van der Waals surface area (Å²) < 4.78 is 7.21. The molecule has 1 aliphatic heterocycles. The molecule has 25 heavy (non-hydrogen) atoms. The molecular formula is C15H21N7O3. The normalized spacial score (nSPS) is 31.9. The molecule has 2 aromatic rings. The highest BCUT2D eigenvalue weighted by Gasteiger charge is 2.62. The van der Waals surface area contributed by atoms with Gasteiger partial charge in [-0.15, -0.1) is 5.92 Å². The lowest BCUT2D eigenvalue weighted by atomic mass is 9.91. The molecule has 0 radical (unpaired) electrons. The monoisotopic (exact) mass is 347 g/mol. The molecule has 0 bridgehead atoms. The molecule has 4 atom stereocenters. The number of nitrogens with zero attached hydrogens (tertiary/aromatic N) is 4. The average molecular weight is 347 g/mol. The van der Waals surface area contributed by atoms with Crippen molar-refractivity contribution in [1.29, 1.82) is 0 Å². The van der Waals surface area contributed by atoms with Crippen LogP contribution in [0, 0.1) is 11.8 Å². The smallest absolute Gasteiger partial charge is 0.234 e. The molecule has 1 saturated heterocycles. The first kappa shape index (κ1) is 17.5. The summed E-state index contributed by atoms with van der Waals surface area (Å²) in [7, 11) is 0. The molecule has 1 fully saturated rings. The number of hydrogen-bond donors (Lipinski definition) is 5. The van der Waals surface area contributed by atoms with E-state index >= 15 is 0 Å². The number of fused-ring (bicyclic) bond motifs is 1. The van der Waals surface area contributed by atoms with E-state index in [2.05, 4.69) is 26.8 Å². The summed E-state index contributed by atoms with van der Waals surface area (Å²) in [5, 5.41) is 21.4. The van der Waals surface area contributed by atoms with E-state index in [4.69, 9.17) is 21.9 Å². The van der Waals surface area contributed by atoms with E-state index in [9.17, 15) is 10.2 Å². The van der Waals surface area contributed by atoms with Crippen LogP contribution in [-0.4, -0.2) is 54.1 Å². The first-order valence-electron chi connectivity index (χ1n) is 7.80. The molecule has 0 aromatic carbocycles. The zero-order valence-electron chi connectivity index (χ0n) is 13.8. The minimum Gasteiger partial charge on any atom is -0.387 e. The quantitative estimate of drug-likeness (QED) is 0.403. The first-order chi connectivity index (χ1) is 11.8. The van der Waals surface area contributed by atoms with Crippen molar-refractivity contribution in [3.05, 3.63) is 12.7 Å². The minimum absolute atomic E-state index is 0.180. The maximum atomic E-state index is 10.9. The van der Waals surface area contributed by atoms with Crippen molar-refractivity contribution in [2.45, 2.75) is 43.4 Å². The van der Waals surface area contributed by atoms with Crippen molar-refractivity contribution in [3.8, 4) is 11.8 Å². The summed E-state index contributed by atoms with van der Waals surface area (Å²) >= 11 is 0. The highest BCUT2D eigenvalue weighted by atomic mass is 16.6. The summed E-state index contributed by atoms with van der Waals surface area (Å²) in [5.41, 5.74) is 16.3. The fourth-order valence-electron chi connectivity index (χ4n) is 2.98. The van der Waals surface area contributed by atoms with Crippen molar-refractivity contribution in [1.82, 2.24) is 19.5 Å². The number of aromatic nitrogens is 4. The highest BCUT2D eigenvalue weighted by Crippen LogP contribution is 2.42. The van der Waals surface area contributed by atoms with Crippen LogP contribution in [0.15, 0.2) is 12.7 Å². The Balaban J connectivity index is 1.97. The van der Waals surface area contributed by atoms with Crippen LogP contribution in [0.2, 0.25) is 0 Å². The van der Waals surface area contributed by atoms with Gasteiger partial charge in [-0.2, -0.15) is 0 Å². The molecule has 0 amide bonds. The second-order valence-electron chi connectivity index (χ2n) is 6.09. The van der Waals surface area contributed by atoms with Crippen molar-refractivity contribution >= 4 is 17.0 Å². The van der Waals surface area contributed by atoms with Crippen LogP contribution in [0.4, 0.5) is 5.82 Å². The Morgan fingerprint density at radius 3 is 2.84 bits per heavy atom. The fraction of sp³-hybridized carbons (Fsp3) is 0.533. The first-order valence-corrected chi connectivity index (χ1v) is 7.80. The Hall–Kier alpha value is -2.29. The molecule has 0 spiro atoms. The van der Waals surface area contributed by atoms with Gasteiger partial charge in [0.15, 0.2) is 17.1 Å². The molecule has 1 aliphatic rings. The van der Waals surface area contributed by atoms with Gasteiger partial charge in [-0.05, 0) is 13.3 Å². The largest absolute Gasteiger partial charge is 0.387 e. The zero-order valence-corrected chi connectivity index (χ0v) is 13.8. The Bertz CT molecular complexity index is 840. The number of anilines is 1. The van der Waals surface area contributed by atoms with Crippen LogP contribution in [0.25, 0.3) is 11.2 Å². The van der Waals surface area contributed by atoms with E-state index in [-0.39, 0.29) is 12.4 Å². The standard InChI is InChI=1S/C15H21N7O3/c1-14(24)11(23)9(5-3-2-4-6-16)25-15(14,18)22-8-21-10-12(17)19-7-20-13(10)22/h7-9,11,23-24H,3,5-6,16,18H2,1H3,(H2,17,19,20)/t9-,11-,14-,15+/m1/s1. The number of rotatable bonds is 3. The van der Waals surface area contributed by atoms with Crippen LogP contribution >= 0.6 is 0 Å². The van der Waals surface area contributed by atoms with Gasteiger partial charge in [0.1, 0.15) is 24.3 Å². The van der Waals surface area contributed by atoms with Crippen molar-refractivity contribution < 1.29 is 14.9 Å². The number of aliphatic hydroxyl groups is 2. The van der Waals surface area contributed by atoms with Crippen LogP contribution in [0.5, 0.6) is 0 Å². The predicted molar refractivity (Wildman–Crippen MR) is 89.5 cm³/mol. The summed E-state index contributed by atoms with van der Waals surface area (Å²) in [6.07, 6.45) is 1.50. The van der Waals surface area contributed by atoms with Gasteiger partial charge in [0.05, 0.1) is 12.6 Å². The lowest BCUT2D eigenvalue weighted by Gasteiger charge is -2.36. The molecule has 3 heterocycles. The van der Waals surface area contributed by atoms with Crippen LogP contribution in [-0.2, 0) is 10.6 Å². The summed E-state index contributed by atoms with van der Waals surface area (Å²) in [4.78, 5) is 12.1. The van der Waals surface area contributed by atoms with E-state index in [1.54, 1.807) is 0 Å². The number of hydrogen-bond acceptors (Lipinski definition) is 9. The third kappa shape index (κ3) is 2.62.